The van der Waals surface area contributed by atoms with Crippen LogP contribution in [-0.2, 0) is 4.79 Å². The number of nitrogens with two attached hydrogens (primary N) is 1. The highest BCUT2D eigenvalue weighted by atomic mass is 35.5. The fourth-order valence-electron chi connectivity index (χ4n) is 2.93. The van der Waals surface area contributed by atoms with E-state index in [-0.39, 0.29) is 12.4 Å². The lowest BCUT2D eigenvalue weighted by atomic mass is 9.97. The molecule has 0 spiro atoms. The van der Waals surface area contributed by atoms with Gasteiger partial charge in [-0.25, -0.2) is 0 Å². The summed E-state index contributed by atoms with van der Waals surface area (Å²) in [5.74, 6) is 1.79. The predicted octanol–water partition coefficient (Wildman–Crippen LogP) is 1.34. The first-order valence-corrected chi connectivity index (χ1v) is 7.39. The summed E-state index contributed by atoms with van der Waals surface area (Å²) in [6.45, 7) is 7.69. The Morgan fingerprint density at radius 1 is 1.11 bits per heavy atom. The number of piperidine rings is 2. The topological polar surface area (TPSA) is 49.6 Å². The third-order valence-electron chi connectivity index (χ3n) is 4.54. The van der Waals surface area contributed by atoms with E-state index in [1.807, 2.05) is 0 Å². The molecule has 2 heterocycles. The average molecular weight is 290 g/mol. The van der Waals surface area contributed by atoms with Gasteiger partial charge < -0.3 is 10.6 Å². The fraction of sp³-hybridized carbons (Fsp3) is 0.929. The molecule has 2 aliphatic rings. The van der Waals surface area contributed by atoms with Gasteiger partial charge in [0, 0.05) is 13.1 Å². The van der Waals surface area contributed by atoms with Crippen LogP contribution < -0.4 is 5.73 Å². The van der Waals surface area contributed by atoms with Gasteiger partial charge in [0.05, 0.1) is 6.54 Å². The summed E-state index contributed by atoms with van der Waals surface area (Å²) in [4.78, 5) is 16.5. The minimum atomic E-state index is 0. The Labute approximate surface area is 123 Å². The van der Waals surface area contributed by atoms with Crippen LogP contribution in [0.2, 0.25) is 0 Å². The van der Waals surface area contributed by atoms with Crippen molar-refractivity contribution >= 4 is 18.3 Å². The lowest BCUT2D eigenvalue weighted by molar-refractivity contribution is -0.134. The number of hydrogen-bond acceptors (Lipinski definition) is 3. The van der Waals surface area contributed by atoms with Crippen molar-refractivity contribution in [2.24, 2.45) is 17.6 Å². The van der Waals surface area contributed by atoms with Gasteiger partial charge in [-0.05, 0) is 57.2 Å². The highest BCUT2D eigenvalue weighted by molar-refractivity contribution is 5.85. The van der Waals surface area contributed by atoms with Gasteiger partial charge in [-0.3, -0.25) is 9.69 Å². The van der Waals surface area contributed by atoms with Crippen molar-refractivity contribution in [3.8, 4) is 0 Å². The molecule has 1 amide bonds. The van der Waals surface area contributed by atoms with Crippen LogP contribution in [-0.4, -0.2) is 55.0 Å². The first kappa shape index (κ1) is 16.7. The molecule has 2 N–H and O–H groups in total. The van der Waals surface area contributed by atoms with Crippen molar-refractivity contribution in [2.45, 2.75) is 32.6 Å². The van der Waals surface area contributed by atoms with E-state index in [1.54, 1.807) is 0 Å². The van der Waals surface area contributed by atoms with Crippen LogP contribution in [0.1, 0.15) is 32.6 Å². The molecule has 2 aliphatic heterocycles. The number of carbonyl (C=O) groups is 1. The van der Waals surface area contributed by atoms with Crippen LogP contribution >= 0.6 is 12.4 Å². The number of halogens is 1. The molecule has 0 aromatic heterocycles. The van der Waals surface area contributed by atoms with Crippen LogP contribution in [0, 0.1) is 11.8 Å². The first-order valence-electron chi connectivity index (χ1n) is 7.39. The largest absolute Gasteiger partial charge is 0.342 e. The zero-order valence-corrected chi connectivity index (χ0v) is 12.8. The van der Waals surface area contributed by atoms with Crippen molar-refractivity contribution < 1.29 is 4.79 Å². The minimum Gasteiger partial charge on any atom is -0.342 e. The van der Waals surface area contributed by atoms with E-state index < -0.39 is 0 Å². The van der Waals surface area contributed by atoms with Gasteiger partial charge in [0.25, 0.3) is 0 Å². The molecule has 0 aromatic carbocycles. The number of amides is 1. The maximum atomic E-state index is 12.2. The van der Waals surface area contributed by atoms with E-state index in [0.717, 1.165) is 51.5 Å². The second kappa shape index (κ2) is 8.08. The summed E-state index contributed by atoms with van der Waals surface area (Å²) >= 11 is 0. The molecule has 0 aliphatic carbocycles. The van der Waals surface area contributed by atoms with Crippen molar-refractivity contribution in [1.82, 2.24) is 9.80 Å². The molecule has 2 saturated heterocycles. The summed E-state index contributed by atoms with van der Waals surface area (Å²) in [7, 11) is 0. The van der Waals surface area contributed by atoms with E-state index in [4.69, 9.17) is 5.73 Å². The van der Waals surface area contributed by atoms with Gasteiger partial charge in [-0.15, -0.1) is 12.4 Å². The molecular formula is C14H28ClN3O. The Kier molecular flexibility index (Phi) is 7.11. The standard InChI is InChI=1S/C14H27N3O.ClH/c1-12-2-8-17(9-3-12)14(18)11-16-6-4-13(10-15)5-7-16;/h12-13H,2-11,15H2,1H3;1H. The fourth-order valence-corrected chi connectivity index (χ4v) is 2.93. The summed E-state index contributed by atoms with van der Waals surface area (Å²) in [5.41, 5.74) is 5.69. The van der Waals surface area contributed by atoms with Gasteiger partial charge in [0.2, 0.25) is 5.91 Å². The Morgan fingerprint density at radius 2 is 1.68 bits per heavy atom. The number of hydrogen-bond donors (Lipinski definition) is 1. The van der Waals surface area contributed by atoms with Crippen LogP contribution in [0.25, 0.3) is 0 Å². The second-order valence-electron chi connectivity index (χ2n) is 6.02. The number of nitrogens with zero attached hydrogens (tertiary/aromatic N) is 2. The molecule has 0 radical (unpaired) electrons. The zero-order valence-electron chi connectivity index (χ0n) is 12.0. The summed E-state index contributed by atoms with van der Waals surface area (Å²) in [6, 6.07) is 0. The minimum absolute atomic E-state index is 0. The Hall–Kier alpha value is -0.320. The van der Waals surface area contributed by atoms with E-state index in [2.05, 4.69) is 16.7 Å². The van der Waals surface area contributed by atoms with E-state index in [9.17, 15) is 4.79 Å². The predicted molar refractivity (Wildman–Crippen MR) is 80.4 cm³/mol. The number of carbonyl (C=O) groups excluding carboxylic acids is 1. The third kappa shape index (κ3) is 4.93. The maximum absolute atomic E-state index is 12.2. The third-order valence-corrected chi connectivity index (χ3v) is 4.54. The monoisotopic (exact) mass is 289 g/mol. The highest BCUT2D eigenvalue weighted by Gasteiger charge is 2.24. The molecule has 5 heteroatoms. The van der Waals surface area contributed by atoms with E-state index >= 15 is 0 Å². The second-order valence-corrected chi connectivity index (χ2v) is 6.02. The molecule has 0 unspecified atom stereocenters. The van der Waals surface area contributed by atoms with Crippen LogP contribution in [0.3, 0.4) is 0 Å². The number of rotatable bonds is 3. The molecule has 0 aromatic rings. The van der Waals surface area contributed by atoms with Gasteiger partial charge in [-0.2, -0.15) is 0 Å². The molecule has 112 valence electrons. The molecular weight excluding hydrogens is 262 g/mol. The van der Waals surface area contributed by atoms with Crippen molar-refractivity contribution in [3.63, 3.8) is 0 Å². The van der Waals surface area contributed by atoms with Crippen LogP contribution in [0.4, 0.5) is 0 Å². The molecule has 19 heavy (non-hydrogen) atoms. The van der Waals surface area contributed by atoms with Crippen molar-refractivity contribution in [2.75, 3.05) is 39.3 Å². The number of likely N-dealkylation sites (tertiary alicyclic amines) is 2. The molecule has 2 rings (SSSR count). The molecule has 2 fully saturated rings. The smallest absolute Gasteiger partial charge is 0.236 e. The Balaban J connectivity index is 0.00000180. The highest BCUT2D eigenvalue weighted by Crippen LogP contribution is 2.18. The summed E-state index contributed by atoms with van der Waals surface area (Å²) in [5, 5.41) is 0. The van der Waals surface area contributed by atoms with E-state index in [0.29, 0.717) is 18.4 Å². The van der Waals surface area contributed by atoms with Gasteiger partial charge in [0.1, 0.15) is 0 Å². The Morgan fingerprint density at radius 3 is 2.21 bits per heavy atom. The molecule has 0 bridgehead atoms. The quantitative estimate of drug-likeness (QED) is 0.853. The van der Waals surface area contributed by atoms with Crippen molar-refractivity contribution in [1.29, 1.82) is 0 Å². The lowest BCUT2D eigenvalue weighted by Crippen LogP contribution is -2.46. The summed E-state index contributed by atoms with van der Waals surface area (Å²) < 4.78 is 0. The first-order chi connectivity index (χ1) is 8.69. The molecule has 4 nitrogen and oxygen atoms in total. The van der Waals surface area contributed by atoms with Gasteiger partial charge >= 0.3 is 0 Å². The zero-order chi connectivity index (χ0) is 13.0. The maximum Gasteiger partial charge on any atom is 0.236 e. The average Bonchev–Trinajstić information content (AvgIpc) is 2.40. The van der Waals surface area contributed by atoms with E-state index in [1.165, 1.54) is 12.8 Å². The normalized spacial score (nSPS) is 23.2. The Bertz CT molecular complexity index is 272. The summed E-state index contributed by atoms with van der Waals surface area (Å²) in [6.07, 6.45) is 4.64. The van der Waals surface area contributed by atoms with Crippen molar-refractivity contribution in [3.05, 3.63) is 0 Å². The van der Waals surface area contributed by atoms with Gasteiger partial charge in [-0.1, -0.05) is 6.92 Å². The lowest BCUT2D eigenvalue weighted by Gasteiger charge is -2.35. The van der Waals surface area contributed by atoms with Crippen LogP contribution in [0.5, 0.6) is 0 Å². The molecule has 0 atom stereocenters. The SMILES string of the molecule is CC1CCN(C(=O)CN2CCC(CN)CC2)CC1.Cl. The molecule has 0 saturated carbocycles. The van der Waals surface area contributed by atoms with Gasteiger partial charge in [0.15, 0.2) is 0 Å². The van der Waals surface area contributed by atoms with Crippen LogP contribution in [0.15, 0.2) is 0 Å².